The standard InChI is InChI=1S/C29H40N4O5S/c1-37-13-4-10-31-19-21-6-3-7-23(16-21)24-17-25-27(20-32-28(25)26(18-24)29(30)34)22-8-11-33(12-9-22)39(35,36)15-5-14-38-2/h3,6-7,16-18,20,22,31-32H,4-5,8-15,19H2,1-2H3,(H2,30,34). The highest BCUT2D eigenvalue weighted by molar-refractivity contribution is 7.89. The van der Waals surface area contributed by atoms with Gasteiger partial charge in [0.1, 0.15) is 0 Å². The van der Waals surface area contributed by atoms with E-state index in [1.54, 1.807) is 18.5 Å². The zero-order valence-corrected chi connectivity index (χ0v) is 23.7. The number of fused-ring (bicyclic) bond motifs is 1. The Morgan fingerprint density at radius 3 is 2.54 bits per heavy atom. The number of rotatable bonds is 14. The van der Waals surface area contributed by atoms with Crippen molar-refractivity contribution in [3.05, 3.63) is 59.3 Å². The maximum atomic E-state index is 12.7. The third-order valence-corrected chi connectivity index (χ3v) is 9.37. The molecule has 39 heavy (non-hydrogen) atoms. The zero-order chi connectivity index (χ0) is 27.8. The van der Waals surface area contributed by atoms with Gasteiger partial charge in [0.15, 0.2) is 0 Å². The lowest BCUT2D eigenvalue weighted by Gasteiger charge is -2.31. The fraction of sp³-hybridized carbons (Fsp3) is 0.483. The van der Waals surface area contributed by atoms with Gasteiger partial charge in [-0.25, -0.2) is 12.7 Å². The second kappa shape index (κ2) is 13.5. The Bertz CT molecular complexity index is 1360. The smallest absolute Gasteiger partial charge is 0.250 e. The van der Waals surface area contributed by atoms with Crippen LogP contribution in [-0.2, 0) is 26.0 Å². The molecule has 1 amide bonds. The molecule has 1 aliphatic rings. The molecule has 1 aromatic heterocycles. The number of amides is 1. The summed E-state index contributed by atoms with van der Waals surface area (Å²) in [4.78, 5) is 15.7. The number of H-pyrrole nitrogens is 1. The molecule has 0 atom stereocenters. The van der Waals surface area contributed by atoms with Crippen LogP contribution in [0, 0.1) is 0 Å². The number of carbonyl (C=O) groups excluding carboxylic acids is 1. The second-order valence-corrected chi connectivity index (χ2v) is 12.2. The summed E-state index contributed by atoms with van der Waals surface area (Å²) in [6.07, 6.45) is 4.83. The third kappa shape index (κ3) is 7.26. The Hall–Kier alpha value is -2.76. The van der Waals surface area contributed by atoms with Gasteiger partial charge in [-0.3, -0.25) is 4.79 Å². The van der Waals surface area contributed by atoms with E-state index >= 15 is 0 Å². The lowest BCUT2D eigenvalue weighted by molar-refractivity contribution is 0.100. The van der Waals surface area contributed by atoms with E-state index in [9.17, 15) is 13.2 Å². The van der Waals surface area contributed by atoms with E-state index in [0.717, 1.165) is 72.1 Å². The monoisotopic (exact) mass is 556 g/mol. The molecule has 3 aromatic rings. The van der Waals surface area contributed by atoms with Gasteiger partial charge in [-0.1, -0.05) is 18.2 Å². The summed E-state index contributed by atoms with van der Waals surface area (Å²) < 4.78 is 37.2. The van der Waals surface area contributed by atoms with Crippen molar-refractivity contribution in [3.63, 3.8) is 0 Å². The number of nitrogens with one attached hydrogen (secondary N) is 2. The molecular formula is C29H40N4O5S. The van der Waals surface area contributed by atoms with Crippen LogP contribution in [0.15, 0.2) is 42.6 Å². The van der Waals surface area contributed by atoms with Crippen molar-refractivity contribution in [3.8, 4) is 11.1 Å². The molecule has 9 nitrogen and oxygen atoms in total. The number of carbonyl (C=O) groups is 1. The van der Waals surface area contributed by atoms with Gasteiger partial charge >= 0.3 is 0 Å². The van der Waals surface area contributed by atoms with Gasteiger partial charge in [0, 0.05) is 58.7 Å². The zero-order valence-electron chi connectivity index (χ0n) is 22.9. The van der Waals surface area contributed by atoms with Crippen molar-refractivity contribution in [2.45, 2.75) is 38.1 Å². The second-order valence-electron chi connectivity index (χ2n) is 10.1. The Kier molecular flexibility index (Phi) is 10.1. The van der Waals surface area contributed by atoms with Gasteiger partial charge in [0.25, 0.3) is 5.91 Å². The van der Waals surface area contributed by atoms with Gasteiger partial charge in [0.2, 0.25) is 10.0 Å². The molecule has 212 valence electrons. The molecule has 2 aromatic carbocycles. The van der Waals surface area contributed by atoms with Gasteiger partial charge in [0.05, 0.1) is 16.8 Å². The average Bonchev–Trinajstić information content (AvgIpc) is 3.37. The van der Waals surface area contributed by atoms with Crippen LogP contribution in [0.3, 0.4) is 0 Å². The third-order valence-electron chi connectivity index (χ3n) is 7.42. The van der Waals surface area contributed by atoms with E-state index in [1.165, 1.54) is 0 Å². The minimum Gasteiger partial charge on any atom is -0.385 e. The Morgan fingerprint density at radius 1 is 1.08 bits per heavy atom. The van der Waals surface area contributed by atoms with Gasteiger partial charge < -0.3 is 25.5 Å². The number of methoxy groups -OCH3 is 2. The van der Waals surface area contributed by atoms with Gasteiger partial charge in [-0.2, -0.15) is 0 Å². The SMILES string of the molecule is COCCCNCc1cccc(-c2cc(C(N)=O)c3[nH]cc(C4CCN(S(=O)(=O)CCCOC)CC4)c3c2)c1. The molecule has 4 rings (SSSR count). The molecule has 0 spiro atoms. The fourth-order valence-corrected chi connectivity index (χ4v) is 6.85. The highest BCUT2D eigenvalue weighted by Crippen LogP contribution is 2.37. The van der Waals surface area contributed by atoms with Crippen molar-refractivity contribution < 1.29 is 22.7 Å². The number of nitrogens with zero attached hydrogens (tertiary/aromatic N) is 1. The Balaban J connectivity index is 1.55. The number of sulfonamides is 1. The number of benzene rings is 2. The molecule has 0 unspecified atom stereocenters. The Morgan fingerprint density at radius 2 is 1.82 bits per heavy atom. The lowest BCUT2D eigenvalue weighted by atomic mass is 9.88. The predicted molar refractivity (Wildman–Crippen MR) is 154 cm³/mol. The van der Waals surface area contributed by atoms with Crippen LogP contribution in [0.4, 0.5) is 0 Å². The minimum atomic E-state index is -3.29. The van der Waals surface area contributed by atoms with Gasteiger partial charge in [-0.15, -0.1) is 0 Å². The van der Waals surface area contributed by atoms with Crippen LogP contribution in [-0.4, -0.2) is 76.4 Å². The highest BCUT2D eigenvalue weighted by Gasteiger charge is 2.30. The summed E-state index contributed by atoms with van der Waals surface area (Å²) in [5.74, 6) is -0.197. The van der Waals surface area contributed by atoms with E-state index in [2.05, 4.69) is 28.5 Å². The van der Waals surface area contributed by atoms with Crippen molar-refractivity contribution in [1.29, 1.82) is 0 Å². The molecule has 0 bridgehead atoms. The normalized spacial score (nSPS) is 15.2. The van der Waals surface area contributed by atoms with E-state index in [4.69, 9.17) is 15.2 Å². The number of nitrogens with two attached hydrogens (primary N) is 1. The highest BCUT2D eigenvalue weighted by atomic mass is 32.2. The van der Waals surface area contributed by atoms with E-state index < -0.39 is 15.9 Å². The minimum absolute atomic E-state index is 0.103. The summed E-state index contributed by atoms with van der Waals surface area (Å²) >= 11 is 0. The molecule has 1 aliphatic heterocycles. The van der Waals surface area contributed by atoms with Crippen molar-refractivity contribution in [2.75, 3.05) is 52.8 Å². The Labute approximate surface area is 231 Å². The first-order valence-corrected chi connectivity index (χ1v) is 15.2. The van der Waals surface area contributed by atoms with E-state index in [0.29, 0.717) is 31.7 Å². The van der Waals surface area contributed by atoms with Gasteiger partial charge in [-0.05, 0) is 78.6 Å². The fourth-order valence-electron chi connectivity index (χ4n) is 5.35. The number of primary amides is 1. The number of ether oxygens (including phenoxy) is 2. The summed E-state index contributed by atoms with van der Waals surface area (Å²) in [6, 6.07) is 12.3. The molecule has 0 radical (unpaired) electrons. The summed E-state index contributed by atoms with van der Waals surface area (Å²) in [5.41, 5.74) is 11.2. The van der Waals surface area contributed by atoms with Crippen molar-refractivity contribution >= 4 is 26.8 Å². The first kappa shape index (κ1) is 29.2. The van der Waals surface area contributed by atoms with Crippen LogP contribution in [0.2, 0.25) is 0 Å². The van der Waals surface area contributed by atoms with E-state index in [-0.39, 0.29) is 11.7 Å². The molecule has 1 saturated heterocycles. The molecule has 2 heterocycles. The summed E-state index contributed by atoms with van der Waals surface area (Å²) in [7, 11) is -0.0123. The number of hydrogen-bond donors (Lipinski definition) is 3. The molecule has 1 fully saturated rings. The molecule has 0 aliphatic carbocycles. The molecule has 10 heteroatoms. The van der Waals surface area contributed by atoms with Crippen LogP contribution < -0.4 is 11.1 Å². The first-order chi connectivity index (χ1) is 18.8. The van der Waals surface area contributed by atoms with Crippen molar-refractivity contribution in [1.82, 2.24) is 14.6 Å². The number of piperidine rings is 1. The van der Waals surface area contributed by atoms with E-state index in [1.807, 2.05) is 24.4 Å². The maximum Gasteiger partial charge on any atom is 0.250 e. The van der Waals surface area contributed by atoms with Crippen LogP contribution in [0.5, 0.6) is 0 Å². The first-order valence-electron chi connectivity index (χ1n) is 13.5. The lowest BCUT2D eigenvalue weighted by Crippen LogP contribution is -2.39. The largest absolute Gasteiger partial charge is 0.385 e. The topological polar surface area (TPSA) is 127 Å². The molecule has 0 saturated carbocycles. The predicted octanol–water partition coefficient (Wildman–Crippen LogP) is 3.61. The average molecular weight is 557 g/mol. The summed E-state index contributed by atoms with van der Waals surface area (Å²) in [5, 5.41) is 4.40. The number of hydrogen-bond acceptors (Lipinski definition) is 6. The number of aromatic nitrogens is 1. The van der Waals surface area contributed by atoms with Crippen LogP contribution in [0.1, 0.15) is 53.1 Å². The number of aromatic amines is 1. The van der Waals surface area contributed by atoms with Crippen molar-refractivity contribution in [2.24, 2.45) is 5.73 Å². The maximum absolute atomic E-state index is 12.7. The summed E-state index contributed by atoms with van der Waals surface area (Å²) in [6.45, 7) is 3.73. The molecule has 4 N–H and O–H groups in total. The quantitative estimate of drug-likeness (QED) is 0.261. The molecular weight excluding hydrogens is 516 g/mol. The van der Waals surface area contributed by atoms with Crippen LogP contribution >= 0.6 is 0 Å². The van der Waals surface area contributed by atoms with Crippen LogP contribution in [0.25, 0.3) is 22.0 Å².